The molecule has 1 saturated heterocycles. The van der Waals surface area contributed by atoms with Crippen molar-refractivity contribution >= 4 is 23.5 Å². The van der Waals surface area contributed by atoms with Gasteiger partial charge in [-0.1, -0.05) is 12.2 Å². The minimum absolute atomic E-state index is 0.0829. The highest BCUT2D eigenvalue weighted by Crippen LogP contribution is 2.65. The molecule has 0 spiro atoms. The molecule has 5 aliphatic rings. The van der Waals surface area contributed by atoms with Crippen LogP contribution in [0.2, 0.25) is 0 Å². The zero-order valence-corrected chi connectivity index (χ0v) is 13.2. The van der Waals surface area contributed by atoms with Gasteiger partial charge in [-0.2, -0.15) is 0 Å². The summed E-state index contributed by atoms with van der Waals surface area (Å²) in [5, 5.41) is 0. The average Bonchev–Trinajstić information content (AvgIpc) is 3.39. The second kappa shape index (κ2) is 4.56. The first-order valence-electron chi connectivity index (χ1n) is 8.36. The van der Waals surface area contributed by atoms with Crippen LogP contribution in [-0.4, -0.2) is 24.9 Å². The Balaban J connectivity index is 1.49. The number of amides is 2. The number of imide groups is 1. The van der Waals surface area contributed by atoms with E-state index in [1.807, 2.05) is 0 Å². The summed E-state index contributed by atoms with van der Waals surface area (Å²) in [6, 6.07) is 6.48. The largest absolute Gasteiger partial charge is 0.465 e. The number of anilines is 1. The Bertz CT molecular complexity index is 760. The van der Waals surface area contributed by atoms with Crippen LogP contribution in [0.15, 0.2) is 36.4 Å². The fourth-order valence-corrected chi connectivity index (χ4v) is 5.08. The molecule has 2 bridgehead atoms. The van der Waals surface area contributed by atoms with E-state index in [4.69, 9.17) is 0 Å². The van der Waals surface area contributed by atoms with E-state index in [2.05, 4.69) is 16.9 Å². The standard InChI is InChI=1S/C19H17NO4/c1-24-19(23)9-2-4-10(5-3-9)20-17(21)15-11-6-7-12(14-8-13(11)14)16(15)18(20)22/h2-7,11-16H,8H2,1H3/t11-,12+,13-,14+,15+,16-. The van der Waals surface area contributed by atoms with Crippen LogP contribution in [0.25, 0.3) is 0 Å². The normalized spacial score (nSPS) is 38.1. The highest BCUT2D eigenvalue weighted by Gasteiger charge is 2.67. The first kappa shape index (κ1) is 14.0. The number of esters is 1. The summed E-state index contributed by atoms with van der Waals surface area (Å²) in [5.74, 6) is 0.645. The molecule has 5 heteroatoms. The smallest absolute Gasteiger partial charge is 0.337 e. The number of hydrogen-bond donors (Lipinski definition) is 0. The fourth-order valence-electron chi connectivity index (χ4n) is 5.08. The lowest BCUT2D eigenvalue weighted by atomic mass is 9.63. The van der Waals surface area contributed by atoms with Crippen LogP contribution >= 0.6 is 0 Å². The van der Waals surface area contributed by atoms with Crippen LogP contribution in [0.4, 0.5) is 5.69 Å². The molecule has 0 radical (unpaired) electrons. The zero-order valence-electron chi connectivity index (χ0n) is 13.2. The molecule has 4 aliphatic carbocycles. The van der Waals surface area contributed by atoms with Crippen LogP contribution in [0.5, 0.6) is 0 Å². The fraction of sp³-hybridized carbons (Fsp3) is 0.421. The summed E-state index contributed by atoms with van der Waals surface area (Å²) >= 11 is 0. The molecule has 2 amide bonds. The van der Waals surface area contributed by atoms with E-state index in [1.54, 1.807) is 24.3 Å². The summed E-state index contributed by atoms with van der Waals surface area (Å²) in [6.07, 6.45) is 5.48. The lowest BCUT2D eigenvalue weighted by molar-refractivity contribution is -0.124. The van der Waals surface area contributed by atoms with E-state index in [-0.39, 0.29) is 35.5 Å². The second-order valence-electron chi connectivity index (χ2n) is 7.20. The minimum atomic E-state index is -0.434. The van der Waals surface area contributed by atoms with Gasteiger partial charge in [-0.15, -0.1) is 0 Å². The molecule has 6 atom stereocenters. The van der Waals surface area contributed by atoms with Crippen LogP contribution in [0, 0.1) is 35.5 Å². The maximum absolute atomic E-state index is 13.0. The number of nitrogens with zero attached hydrogens (tertiary/aromatic N) is 1. The van der Waals surface area contributed by atoms with Crippen LogP contribution in [0.3, 0.4) is 0 Å². The van der Waals surface area contributed by atoms with E-state index in [0.29, 0.717) is 23.1 Å². The molecule has 0 unspecified atom stereocenters. The summed E-state index contributed by atoms with van der Waals surface area (Å²) in [4.78, 5) is 38.8. The molecule has 1 heterocycles. The van der Waals surface area contributed by atoms with Crippen molar-refractivity contribution in [1.82, 2.24) is 0 Å². The number of hydrogen-bond acceptors (Lipinski definition) is 4. The Morgan fingerprint density at radius 2 is 1.54 bits per heavy atom. The van der Waals surface area contributed by atoms with Crippen molar-refractivity contribution in [2.24, 2.45) is 35.5 Å². The molecule has 6 rings (SSSR count). The van der Waals surface area contributed by atoms with Crippen molar-refractivity contribution in [3.05, 3.63) is 42.0 Å². The number of allylic oxidation sites excluding steroid dienone is 2. The van der Waals surface area contributed by atoms with Gasteiger partial charge in [-0.05, 0) is 54.4 Å². The van der Waals surface area contributed by atoms with Crippen LogP contribution in [-0.2, 0) is 14.3 Å². The molecule has 2 saturated carbocycles. The summed E-state index contributed by atoms with van der Waals surface area (Å²) in [5.41, 5.74) is 0.945. The molecule has 24 heavy (non-hydrogen) atoms. The first-order valence-corrected chi connectivity index (χ1v) is 8.36. The third kappa shape index (κ3) is 1.62. The number of methoxy groups -OCH3 is 1. The van der Waals surface area contributed by atoms with E-state index >= 15 is 0 Å². The number of benzene rings is 1. The molecule has 0 aromatic heterocycles. The van der Waals surface area contributed by atoms with Gasteiger partial charge in [-0.25, -0.2) is 4.79 Å². The summed E-state index contributed by atoms with van der Waals surface area (Å²) in [7, 11) is 1.32. The van der Waals surface area contributed by atoms with Gasteiger partial charge in [-0.3, -0.25) is 14.5 Å². The Hall–Kier alpha value is -2.43. The number of carbonyl (C=O) groups is 3. The van der Waals surface area contributed by atoms with Crippen molar-refractivity contribution < 1.29 is 19.1 Å². The zero-order chi connectivity index (χ0) is 16.6. The van der Waals surface area contributed by atoms with Crippen LogP contribution < -0.4 is 4.90 Å². The third-order valence-electron chi connectivity index (χ3n) is 6.21. The summed E-state index contributed by atoms with van der Waals surface area (Å²) in [6.45, 7) is 0. The highest BCUT2D eigenvalue weighted by atomic mass is 16.5. The lowest BCUT2D eigenvalue weighted by Gasteiger charge is -2.37. The number of rotatable bonds is 2. The molecule has 1 aliphatic heterocycles. The predicted octanol–water partition coefficient (Wildman–Crippen LogP) is 2.03. The highest BCUT2D eigenvalue weighted by molar-refractivity contribution is 6.22. The van der Waals surface area contributed by atoms with Gasteiger partial charge in [0.15, 0.2) is 0 Å². The van der Waals surface area contributed by atoms with Gasteiger partial charge < -0.3 is 4.74 Å². The maximum atomic E-state index is 13.0. The van der Waals surface area contributed by atoms with Crippen molar-refractivity contribution in [2.45, 2.75) is 6.42 Å². The van der Waals surface area contributed by atoms with Gasteiger partial charge in [0.2, 0.25) is 11.8 Å². The Kier molecular flexibility index (Phi) is 2.65. The molecule has 122 valence electrons. The predicted molar refractivity (Wildman–Crippen MR) is 85.0 cm³/mol. The van der Waals surface area contributed by atoms with Crippen molar-refractivity contribution in [3.63, 3.8) is 0 Å². The van der Waals surface area contributed by atoms with Gasteiger partial charge in [0.05, 0.1) is 30.2 Å². The molecule has 1 aromatic rings. The Morgan fingerprint density at radius 3 is 2.04 bits per heavy atom. The average molecular weight is 323 g/mol. The van der Waals surface area contributed by atoms with Crippen molar-refractivity contribution in [3.8, 4) is 0 Å². The molecule has 5 nitrogen and oxygen atoms in total. The second-order valence-corrected chi connectivity index (χ2v) is 7.20. The number of ether oxygens (including phenoxy) is 1. The SMILES string of the molecule is COC(=O)c1ccc(N2C(=O)[C@@H]3[C@H]4C=C[C@H]([C@H]5C[C@@H]45)[C@@H]3C2=O)cc1. The molecule has 3 fully saturated rings. The molecular weight excluding hydrogens is 306 g/mol. The molecule has 1 aromatic carbocycles. The Morgan fingerprint density at radius 1 is 1.00 bits per heavy atom. The molecular formula is C19H17NO4. The van der Waals surface area contributed by atoms with Gasteiger partial charge in [0.25, 0.3) is 0 Å². The van der Waals surface area contributed by atoms with E-state index in [9.17, 15) is 14.4 Å². The monoisotopic (exact) mass is 323 g/mol. The van der Waals surface area contributed by atoms with Gasteiger partial charge in [0, 0.05) is 0 Å². The van der Waals surface area contributed by atoms with Crippen molar-refractivity contribution in [2.75, 3.05) is 12.0 Å². The first-order chi connectivity index (χ1) is 11.6. The van der Waals surface area contributed by atoms with E-state index < -0.39 is 5.97 Å². The summed E-state index contributed by atoms with van der Waals surface area (Å²) < 4.78 is 4.68. The maximum Gasteiger partial charge on any atom is 0.337 e. The number of carbonyl (C=O) groups excluding carboxylic acids is 3. The van der Waals surface area contributed by atoms with Crippen LogP contribution in [0.1, 0.15) is 16.8 Å². The van der Waals surface area contributed by atoms with Gasteiger partial charge >= 0.3 is 5.97 Å². The van der Waals surface area contributed by atoms with Gasteiger partial charge in [0.1, 0.15) is 0 Å². The Labute approximate surface area is 139 Å². The third-order valence-corrected chi connectivity index (χ3v) is 6.21. The van der Waals surface area contributed by atoms with Crippen molar-refractivity contribution in [1.29, 1.82) is 0 Å². The lowest BCUT2D eigenvalue weighted by Crippen LogP contribution is -2.40. The topological polar surface area (TPSA) is 63.7 Å². The van der Waals surface area contributed by atoms with E-state index in [1.165, 1.54) is 12.0 Å². The molecule has 0 N–H and O–H groups in total. The van der Waals surface area contributed by atoms with E-state index in [0.717, 1.165) is 6.42 Å². The minimum Gasteiger partial charge on any atom is -0.465 e. The quantitative estimate of drug-likeness (QED) is 0.475.